The van der Waals surface area contributed by atoms with Crippen LogP contribution in [-0.2, 0) is 11.3 Å². The van der Waals surface area contributed by atoms with Crippen molar-refractivity contribution in [3.63, 3.8) is 0 Å². The third-order valence-corrected chi connectivity index (χ3v) is 5.42. The van der Waals surface area contributed by atoms with Gasteiger partial charge in [-0.25, -0.2) is 0 Å². The van der Waals surface area contributed by atoms with Gasteiger partial charge in [0.05, 0.1) is 6.04 Å². The maximum absolute atomic E-state index is 12.5. The fourth-order valence-electron chi connectivity index (χ4n) is 3.59. The fraction of sp³-hybridized carbons (Fsp3) is 0.435. The second kappa shape index (κ2) is 9.00. The first-order chi connectivity index (χ1) is 12.6. The molecule has 1 atom stereocenters. The Bertz CT molecular complexity index is 781. The van der Waals surface area contributed by atoms with Gasteiger partial charge >= 0.3 is 0 Å². The minimum atomic E-state index is -0.137. The van der Waals surface area contributed by atoms with Crippen LogP contribution in [0.3, 0.4) is 0 Å². The first kappa shape index (κ1) is 18.7. The van der Waals surface area contributed by atoms with Crippen molar-refractivity contribution in [3.8, 4) is 0 Å². The molecular formula is C23H30N2O. The molecule has 0 saturated carbocycles. The van der Waals surface area contributed by atoms with Gasteiger partial charge in [0.15, 0.2) is 0 Å². The lowest BCUT2D eigenvalue weighted by molar-refractivity contribution is -0.125. The molecule has 26 heavy (non-hydrogen) atoms. The zero-order valence-electron chi connectivity index (χ0n) is 16.0. The Labute approximate surface area is 157 Å². The maximum atomic E-state index is 12.5. The molecule has 3 heteroatoms. The molecule has 1 N–H and O–H groups in total. The van der Waals surface area contributed by atoms with Gasteiger partial charge in [0, 0.05) is 13.1 Å². The Morgan fingerprint density at radius 3 is 2.73 bits per heavy atom. The van der Waals surface area contributed by atoms with E-state index in [1.165, 1.54) is 47.6 Å². The van der Waals surface area contributed by atoms with Gasteiger partial charge in [-0.3, -0.25) is 9.69 Å². The van der Waals surface area contributed by atoms with Gasteiger partial charge in [0.1, 0.15) is 0 Å². The zero-order chi connectivity index (χ0) is 18.4. The van der Waals surface area contributed by atoms with Gasteiger partial charge in [-0.1, -0.05) is 48.0 Å². The Morgan fingerprint density at radius 1 is 1.15 bits per heavy atom. The highest BCUT2D eigenvalue weighted by Gasteiger charge is 2.18. The molecule has 0 bridgehead atoms. The van der Waals surface area contributed by atoms with Gasteiger partial charge in [-0.15, -0.1) is 0 Å². The van der Waals surface area contributed by atoms with Gasteiger partial charge < -0.3 is 5.32 Å². The van der Waals surface area contributed by atoms with E-state index in [-0.39, 0.29) is 11.9 Å². The third-order valence-electron chi connectivity index (χ3n) is 5.42. The molecule has 0 fully saturated rings. The minimum Gasteiger partial charge on any atom is -0.354 e. The lowest BCUT2D eigenvalue weighted by atomic mass is 9.97. The fourth-order valence-corrected chi connectivity index (χ4v) is 3.59. The zero-order valence-corrected chi connectivity index (χ0v) is 16.0. The van der Waals surface area contributed by atoms with Crippen molar-refractivity contribution < 1.29 is 4.79 Å². The predicted octanol–water partition coefficient (Wildman–Crippen LogP) is 4.67. The average Bonchev–Trinajstić information content (AvgIpc) is 2.68. The van der Waals surface area contributed by atoms with Crippen LogP contribution >= 0.6 is 0 Å². The maximum Gasteiger partial charge on any atom is 0.237 e. The predicted molar refractivity (Wildman–Crippen MR) is 109 cm³/mol. The number of carbonyl (C=O) groups is 1. The van der Waals surface area contributed by atoms with Gasteiger partial charge in [0.2, 0.25) is 5.91 Å². The van der Waals surface area contributed by atoms with Crippen LogP contribution in [0, 0.1) is 0 Å². The van der Waals surface area contributed by atoms with Crippen molar-refractivity contribution >= 4 is 16.7 Å². The van der Waals surface area contributed by atoms with E-state index >= 15 is 0 Å². The molecule has 138 valence electrons. The number of allylic oxidation sites excluding steroid dienone is 1. The van der Waals surface area contributed by atoms with Crippen molar-refractivity contribution in [2.75, 3.05) is 13.6 Å². The summed E-state index contributed by atoms with van der Waals surface area (Å²) in [7, 11) is 2.02. The van der Waals surface area contributed by atoms with Gasteiger partial charge in [-0.2, -0.15) is 0 Å². The molecule has 3 rings (SSSR count). The number of amides is 1. The summed E-state index contributed by atoms with van der Waals surface area (Å²) in [6.45, 7) is 3.50. The molecule has 1 aliphatic rings. The lowest BCUT2D eigenvalue weighted by Crippen LogP contribution is -2.43. The number of hydrogen-bond donors (Lipinski definition) is 1. The summed E-state index contributed by atoms with van der Waals surface area (Å²) in [6, 6.07) is 14.8. The van der Waals surface area contributed by atoms with Crippen LogP contribution < -0.4 is 5.32 Å². The molecule has 2 aromatic rings. The largest absolute Gasteiger partial charge is 0.354 e. The van der Waals surface area contributed by atoms with Gasteiger partial charge in [0.25, 0.3) is 0 Å². The molecular weight excluding hydrogens is 320 g/mol. The first-order valence-electron chi connectivity index (χ1n) is 9.77. The second-order valence-corrected chi connectivity index (χ2v) is 7.42. The Hall–Kier alpha value is -2.13. The molecule has 1 aliphatic carbocycles. The average molecular weight is 351 g/mol. The van der Waals surface area contributed by atoms with E-state index in [0.29, 0.717) is 0 Å². The standard InChI is InChI=1S/C23H30N2O/c1-18(23(26)24-15-14-19-8-4-3-5-9-19)25(2)17-20-12-13-21-10-6-7-11-22(21)16-20/h6-8,10-13,16,18H,3-5,9,14-15,17H2,1-2H3,(H,24,26). The number of carbonyl (C=O) groups excluding carboxylic acids is 1. The van der Waals surface area contributed by atoms with E-state index in [4.69, 9.17) is 0 Å². The minimum absolute atomic E-state index is 0.115. The van der Waals surface area contributed by atoms with Crippen molar-refractivity contribution in [2.24, 2.45) is 0 Å². The van der Waals surface area contributed by atoms with Crippen LogP contribution in [0.1, 0.15) is 44.6 Å². The Morgan fingerprint density at radius 2 is 1.96 bits per heavy atom. The number of nitrogens with zero attached hydrogens (tertiary/aromatic N) is 1. The van der Waals surface area contributed by atoms with E-state index in [1.807, 2.05) is 14.0 Å². The quantitative estimate of drug-likeness (QED) is 0.736. The monoisotopic (exact) mass is 350 g/mol. The number of benzene rings is 2. The normalized spacial score (nSPS) is 15.7. The molecule has 0 radical (unpaired) electrons. The number of likely N-dealkylation sites (N-methyl/N-ethyl adjacent to an activating group) is 1. The van der Waals surface area contributed by atoms with Gasteiger partial charge in [-0.05, 0) is 68.5 Å². The van der Waals surface area contributed by atoms with E-state index in [2.05, 4.69) is 58.8 Å². The molecule has 3 nitrogen and oxygen atoms in total. The molecule has 2 aromatic carbocycles. The van der Waals surface area contributed by atoms with Crippen LogP contribution in [0.25, 0.3) is 10.8 Å². The smallest absolute Gasteiger partial charge is 0.237 e. The van der Waals surface area contributed by atoms with Crippen molar-refractivity contribution in [1.82, 2.24) is 10.2 Å². The van der Waals surface area contributed by atoms with E-state index in [1.54, 1.807) is 0 Å². The summed E-state index contributed by atoms with van der Waals surface area (Å²) in [6.07, 6.45) is 8.36. The van der Waals surface area contributed by atoms with Crippen LogP contribution in [0.15, 0.2) is 54.1 Å². The SMILES string of the molecule is CC(C(=O)NCCC1=CCCCC1)N(C)Cc1ccc2ccccc2c1. The highest BCUT2D eigenvalue weighted by atomic mass is 16.2. The number of nitrogens with one attached hydrogen (secondary N) is 1. The number of fused-ring (bicyclic) bond motifs is 1. The van der Waals surface area contributed by atoms with Crippen LogP contribution in [0.5, 0.6) is 0 Å². The van der Waals surface area contributed by atoms with Crippen molar-refractivity contribution in [2.45, 2.75) is 51.6 Å². The summed E-state index contributed by atoms with van der Waals surface area (Å²) in [5.41, 5.74) is 2.74. The summed E-state index contributed by atoms with van der Waals surface area (Å²) < 4.78 is 0. The van der Waals surface area contributed by atoms with Crippen LogP contribution in [0.2, 0.25) is 0 Å². The highest BCUT2D eigenvalue weighted by molar-refractivity contribution is 5.83. The summed E-state index contributed by atoms with van der Waals surface area (Å²) in [4.78, 5) is 14.6. The number of rotatable bonds is 7. The third kappa shape index (κ3) is 4.95. The number of hydrogen-bond acceptors (Lipinski definition) is 2. The molecule has 0 aliphatic heterocycles. The van der Waals surface area contributed by atoms with Crippen molar-refractivity contribution in [3.05, 3.63) is 59.7 Å². The van der Waals surface area contributed by atoms with Crippen LogP contribution in [-0.4, -0.2) is 30.4 Å². The summed E-state index contributed by atoms with van der Waals surface area (Å²) in [5, 5.41) is 5.60. The van der Waals surface area contributed by atoms with E-state index in [9.17, 15) is 4.79 Å². The summed E-state index contributed by atoms with van der Waals surface area (Å²) in [5.74, 6) is 0.115. The lowest BCUT2D eigenvalue weighted by Gasteiger charge is -2.24. The molecule has 0 aromatic heterocycles. The molecule has 0 saturated heterocycles. The Balaban J connectivity index is 1.50. The van der Waals surface area contributed by atoms with Crippen LogP contribution in [0.4, 0.5) is 0 Å². The second-order valence-electron chi connectivity index (χ2n) is 7.42. The first-order valence-corrected chi connectivity index (χ1v) is 9.77. The molecule has 0 heterocycles. The molecule has 0 spiro atoms. The molecule has 1 amide bonds. The Kier molecular flexibility index (Phi) is 6.45. The topological polar surface area (TPSA) is 32.3 Å². The van der Waals surface area contributed by atoms with E-state index in [0.717, 1.165) is 19.5 Å². The van der Waals surface area contributed by atoms with E-state index < -0.39 is 0 Å². The summed E-state index contributed by atoms with van der Waals surface area (Å²) >= 11 is 0. The highest BCUT2D eigenvalue weighted by Crippen LogP contribution is 2.19. The molecule has 1 unspecified atom stereocenters. The van der Waals surface area contributed by atoms with Crippen molar-refractivity contribution in [1.29, 1.82) is 0 Å².